The Labute approximate surface area is 207 Å². The van der Waals surface area contributed by atoms with E-state index in [4.69, 9.17) is 4.74 Å². The number of benzene rings is 2. The van der Waals surface area contributed by atoms with E-state index in [-0.39, 0.29) is 34.9 Å². The number of ether oxygens (including phenoxy) is 1. The maximum atomic E-state index is 12.9. The maximum absolute atomic E-state index is 12.9. The number of nitrogens with zero attached hydrogens (tertiary/aromatic N) is 3. The molecular formula is C23H23N5O7S. The summed E-state index contributed by atoms with van der Waals surface area (Å²) in [5.74, 6) is -1.22. The topological polar surface area (TPSA) is 161 Å². The molecule has 13 heteroatoms. The van der Waals surface area contributed by atoms with Gasteiger partial charge in [-0.05, 0) is 29.8 Å². The van der Waals surface area contributed by atoms with Crippen LogP contribution in [0.4, 0.5) is 17.1 Å². The molecule has 0 bridgehead atoms. The smallest absolute Gasteiger partial charge is 0.271 e. The Kier molecular flexibility index (Phi) is 8.17. The molecule has 0 spiro atoms. The number of pyridine rings is 1. The van der Waals surface area contributed by atoms with Gasteiger partial charge in [-0.3, -0.25) is 29.0 Å². The molecule has 1 heterocycles. The van der Waals surface area contributed by atoms with Crippen molar-refractivity contribution >= 4 is 38.9 Å². The fourth-order valence-electron chi connectivity index (χ4n) is 3.26. The van der Waals surface area contributed by atoms with Gasteiger partial charge in [0.25, 0.3) is 11.6 Å². The Bertz CT molecular complexity index is 1380. The number of amides is 2. The Morgan fingerprint density at radius 1 is 1.14 bits per heavy atom. The number of carbonyl (C=O) groups is 2. The van der Waals surface area contributed by atoms with Crippen LogP contribution in [0.5, 0.6) is 5.75 Å². The van der Waals surface area contributed by atoms with Crippen molar-refractivity contribution in [1.82, 2.24) is 10.3 Å². The van der Waals surface area contributed by atoms with Crippen LogP contribution >= 0.6 is 0 Å². The molecule has 12 nitrogen and oxygen atoms in total. The van der Waals surface area contributed by atoms with Crippen molar-refractivity contribution < 1.29 is 27.7 Å². The van der Waals surface area contributed by atoms with Gasteiger partial charge in [-0.2, -0.15) is 0 Å². The summed E-state index contributed by atoms with van der Waals surface area (Å²) in [6.07, 6.45) is 4.08. The van der Waals surface area contributed by atoms with Crippen molar-refractivity contribution in [2.75, 3.05) is 29.5 Å². The highest BCUT2D eigenvalue weighted by atomic mass is 32.2. The SMILES string of the molecule is COc1ccc([N+](=O)[O-])cc1N(CC(=O)Nc1ccccc1C(=O)NCc1cccnc1)S(C)(=O)=O. The number of sulfonamides is 1. The summed E-state index contributed by atoms with van der Waals surface area (Å²) in [6, 6.07) is 13.2. The summed E-state index contributed by atoms with van der Waals surface area (Å²) in [5.41, 5.74) is 0.545. The second-order valence-corrected chi connectivity index (χ2v) is 9.43. The molecule has 0 saturated heterocycles. The molecule has 3 aromatic rings. The summed E-state index contributed by atoms with van der Waals surface area (Å²) >= 11 is 0. The van der Waals surface area contributed by atoms with Crippen molar-refractivity contribution in [3.8, 4) is 5.75 Å². The van der Waals surface area contributed by atoms with Gasteiger partial charge in [-0.1, -0.05) is 18.2 Å². The molecule has 0 aliphatic heterocycles. The zero-order chi connectivity index (χ0) is 26.3. The van der Waals surface area contributed by atoms with Gasteiger partial charge in [-0.25, -0.2) is 8.42 Å². The first-order valence-corrected chi connectivity index (χ1v) is 12.3. The van der Waals surface area contributed by atoms with Crippen molar-refractivity contribution in [2.45, 2.75) is 6.54 Å². The van der Waals surface area contributed by atoms with Gasteiger partial charge in [0, 0.05) is 31.1 Å². The average Bonchev–Trinajstić information content (AvgIpc) is 2.85. The zero-order valence-corrected chi connectivity index (χ0v) is 20.2. The van der Waals surface area contributed by atoms with Crippen LogP contribution < -0.4 is 19.7 Å². The van der Waals surface area contributed by atoms with E-state index >= 15 is 0 Å². The van der Waals surface area contributed by atoms with Crippen LogP contribution in [-0.4, -0.2) is 50.0 Å². The lowest BCUT2D eigenvalue weighted by Gasteiger charge is -2.23. The molecule has 2 aromatic carbocycles. The van der Waals surface area contributed by atoms with Crippen molar-refractivity contribution in [2.24, 2.45) is 0 Å². The number of nitro benzene ring substituents is 1. The van der Waals surface area contributed by atoms with E-state index in [1.807, 2.05) is 0 Å². The molecule has 0 aliphatic rings. The van der Waals surface area contributed by atoms with Crippen LogP contribution in [0, 0.1) is 10.1 Å². The van der Waals surface area contributed by atoms with Crippen LogP contribution in [0.25, 0.3) is 0 Å². The third-order valence-electron chi connectivity index (χ3n) is 4.95. The summed E-state index contributed by atoms with van der Waals surface area (Å²) in [4.78, 5) is 40.1. The molecule has 188 valence electrons. The largest absolute Gasteiger partial charge is 0.495 e. The molecule has 0 fully saturated rings. The van der Waals surface area contributed by atoms with E-state index in [1.165, 1.54) is 25.3 Å². The van der Waals surface area contributed by atoms with Gasteiger partial charge >= 0.3 is 0 Å². The summed E-state index contributed by atoms with van der Waals surface area (Å²) in [5, 5.41) is 16.5. The highest BCUT2D eigenvalue weighted by molar-refractivity contribution is 7.92. The predicted octanol–water partition coefficient (Wildman–Crippen LogP) is 2.33. The first-order chi connectivity index (χ1) is 17.1. The number of rotatable bonds is 10. The monoisotopic (exact) mass is 513 g/mol. The highest BCUT2D eigenvalue weighted by Gasteiger charge is 2.26. The molecular weight excluding hydrogens is 490 g/mol. The standard InChI is InChI=1S/C23H23N5O7S/c1-35-21-10-9-17(28(31)32)12-20(21)27(36(2,33)34)15-22(29)26-19-8-4-3-7-18(19)23(30)25-14-16-6-5-11-24-13-16/h3-13H,14-15H2,1-2H3,(H,25,30)(H,26,29). The molecule has 0 radical (unpaired) electrons. The lowest BCUT2D eigenvalue weighted by molar-refractivity contribution is -0.384. The first-order valence-electron chi connectivity index (χ1n) is 10.5. The fraction of sp³-hybridized carbons (Fsp3) is 0.174. The first kappa shape index (κ1) is 26.1. The quantitative estimate of drug-likeness (QED) is 0.308. The van der Waals surface area contributed by atoms with Crippen LogP contribution in [-0.2, 0) is 21.4 Å². The van der Waals surface area contributed by atoms with Crippen molar-refractivity contribution in [3.05, 3.63) is 88.2 Å². The second kappa shape index (κ2) is 11.3. The third kappa shape index (κ3) is 6.54. The second-order valence-electron chi connectivity index (χ2n) is 7.52. The molecule has 0 aliphatic carbocycles. The number of aromatic nitrogens is 1. The van der Waals surface area contributed by atoms with E-state index in [0.29, 0.717) is 4.31 Å². The number of nitro groups is 1. The van der Waals surface area contributed by atoms with Gasteiger partial charge < -0.3 is 15.4 Å². The Balaban J connectivity index is 1.82. The lowest BCUT2D eigenvalue weighted by Crippen LogP contribution is -2.38. The van der Waals surface area contributed by atoms with Gasteiger partial charge in [0.2, 0.25) is 15.9 Å². The average molecular weight is 514 g/mol. The predicted molar refractivity (Wildman–Crippen MR) is 132 cm³/mol. The molecule has 0 saturated carbocycles. The molecule has 1 aromatic heterocycles. The maximum Gasteiger partial charge on any atom is 0.271 e. The fourth-order valence-corrected chi connectivity index (χ4v) is 4.11. The summed E-state index contributed by atoms with van der Waals surface area (Å²) in [7, 11) is -2.79. The van der Waals surface area contributed by atoms with E-state index in [2.05, 4.69) is 15.6 Å². The number of non-ortho nitro benzene ring substituents is 1. The molecule has 0 unspecified atom stereocenters. The van der Waals surface area contributed by atoms with Crippen molar-refractivity contribution in [3.63, 3.8) is 0 Å². The minimum absolute atomic E-state index is 0.0222. The summed E-state index contributed by atoms with van der Waals surface area (Å²) < 4.78 is 30.9. The highest BCUT2D eigenvalue weighted by Crippen LogP contribution is 2.33. The molecule has 2 N–H and O–H groups in total. The van der Waals surface area contributed by atoms with Gasteiger partial charge in [0.05, 0.1) is 29.5 Å². The molecule has 3 rings (SSSR count). The third-order valence-corrected chi connectivity index (χ3v) is 6.08. The molecule has 36 heavy (non-hydrogen) atoms. The van der Waals surface area contributed by atoms with Crippen LogP contribution in [0.2, 0.25) is 0 Å². The Hall–Kier alpha value is -4.52. The minimum Gasteiger partial charge on any atom is -0.495 e. The number of hydrogen-bond donors (Lipinski definition) is 2. The molecule has 2 amide bonds. The van der Waals surface area contributed by atoms with E-state index in [0.717, 1.165) is 24.0 Å². The van der Waals surface area contributed by atoms with E-state index < -0.39 is 33.3 Å². The number of para-hydroxylation sites is 1. The van der Waals surface area contributed by atoms with E-state index in [9.17, 15) is 28.1 Å². The number of nitrogens with one attached hydrogen (secondary N) is 2. The number of hydrogen-bond acceptors (Lipinski definition) is 8. The van der Waals surface area contributed by atoms with Crippen LogP contribution in [0.1, 0.15) is 15.9 Å². The number of anilines is 2. The van der Waals surface area contributed by atoms with Gasteiger partial charge in [-0.15, -0.1) is 0 Å². The number of carbonyl (C=O) groups excluding carboxylic acids is 2. The summed E-state index contributed by atoms with van der Waals surface area (Å²) in [6.45, 7) is -0.509. The Morgan fingerprint density at radius 3 is 2.53 bits per heavy atom. The lowest BCUT2D eigenvalue weighted by atomic mass is 10.1. The number of methoxy groups -OCH3 is 1. The van der Waals surface area contributed by atoms with Gasteiger partial charge in [0.15, 0.2) is 0 Å². The molecule has 0 atom stereocenters. The van der Waals surface area contributed by atoms with Crippen LogP contribution in [0.15, 0.2) is 67.0 Å². The zero-order valence-electron chi connectivity index (χ0n) is 19.4. The van der Waals surface area contributed by atoms with Gasteiger partial charge in [0.1, 0.15) is 18.0 Å². The Morgan fingerprint density at radius 2 is 1.89 bits per heavy atom. The normalized spacial score (nSPS) is 10.8. The van der Waals surface area contributed by atoms with Crippen molar-refractivity contribution in [1.29, 1.82) is 0 Å². The van der Waals surface area contributed by atoms with Crippen LogP contribution in [0.3, 0.4) is 0 Å². The minimum atomic E-state index is -4.06. The van der Waals surface area contributed by atoms with E-state index in [1.54, 1.807) is 36.7 Å².